The van der Waals surface area contributed by atoms with Crippen molar-refractivity contribution in [2.24, 2.45) is 0 Å². The molecular formula is C18H17N7O3. The monoisotopic (exact) mass is 379 g/mol. The number of hydrogen-bond donors (Lipinski definition) is 1. The van der Waals surface area contributed by atoms with Gasteiger partial charge in [-0.2, -0.15) is 5.26 Å². The Kier molecular flexibility index (Phi) is 5.17. The van der Waals surface area contributed by atoms with Crippen LogP contribution in [0.5, 0.6) is 0 Å². The first-order valence-corrected chi connectivity index (χ1v) is 8.46. The highest BCUT2D eigenvalue weighted by molar-refractivity contribution is 5.99. The number of Topliss-reactive ketones (excluding diaryl/α,β-unsaturated/α-hetero) is 1. The van der Waals surface area contributed by atoms with E-state index in [0.29, 0.717) is 0 Å². The van der Waals surface area contributed by atoms with Crippen molar-refractivity contribution in [1.29, 1.82) is 5.26 Å². The molecule has 0 atom stereocenters. The molecule has 3 aromatic rings. The molecule has 2 N–H and O–H groups in total. The number of carbonyl (C=O) groups is 1. The van der Waals surface area contributed by atoms with Gasteiger partial charge in [-0.1, -0.05) is 30.3 Å². The number of nitrogens with zero attached hydrogens (tertiary/aromatic N) is 6. The Labute approximate surface area is 159 Å². The third kappa shape index (κ3) is 3.45. The molecule has 10 nitrogen and oxygen atoms in total. The van der Waals surface area contributed by atoms with Gasteiger partial charge in [0.25, 0.3) is 11.4 Å². The third-order valence-electron chi connectivity index (χ3n) is 4.19. The zero-order valence-corrected chi connectivity index (χ0v) is 15.1. The summed E-state index contributed by atoms with van der Waals surface area (Å²) < 4.78 is 3.31. The zero-order valence-electron chi connectivity index (χ0n) is 15.1. The van der Waals surface area contributed by atoms with E-state index < -0.39 is 17.0 Å². The molecule has 10 heteroatoms. The van der Waals surface area contributed by atoms with Crippen LogP contribution in [0.1, 0.15) is 28.7 Å². The van der Waals surface area contributed by atoms with Gasteiger partial charge in [-0.3, -0.25) is 18.7 Å². The fourth-order valence-electron chi connectivity index (χ4n) is 2.82. The lowest BCUT2D eigenvalue weighted by Crippen LogP contribution is -2.44. The molecule has 0 aliphatic rings. The van der Waals surface area contributed by atoms with E-state index in [1.54, 1.807) is 13.0 Å². The number of nitriles is 1. The summed E-state index contributed by atoms with van der Waals surface area (Å²) in [6.07, 6.45) is 1.21. The Morgan fingerprint density at radius 2 is 1.93 bits per heavy atom. The Morgan fingerprint density at radius 3 is 2.54 bits per heavy atom. The average Bonchev–Trinajstić information content (AvgIpc) is 3.14. The minimum absolute atomic E-state index is 0.0922. The number of hydrogen-bond acceptors (Lipinski definition) is 7. The topological polar surface area (TPSA) is 142 Å². The maximum atomic E-state index is 12.8. The molecule has 0 aliphatic heterocycles. The van der Waals surface area contributed by atoms with E-state index in [2.05, 4.69) is 10.1 Å². The lowest BCUT2D eigenvalue weighted by Gasteiger charge is -2.15. The number of aromatic nitrogens is 5. The second kappa shape index (κ2) is 7.71. The van der Waals surface area contributed by atoms with Gasteiger partial charge in [0, 0.05) is 6.54 Å². The molecule has 0 spiro atoms. The first kappa shape index (κ1) is 18.8. The highest BCUT2D eigenvalue weighted by Crippen LogP contribution is 2.10. The fourth-order valence-corrected chi connectivity index (χ4v) is 2.82. The zero-order chi connectivity index (χ0) is 20.3. The van der Waals surface area contributed by atoms with Crippen molar-refractivity contribution < 1.29 is 4.79 Å². The van der Waals surface area contributed by atoms with Gasteiger partial charge in [-0.25, -0.2) is 14.5 Å². The lowest BCUT2D eigenvalue weighted by atomic mass is 10.1. The lowest BCUT2D eigenvalue weighted by molar-refractivity contribution is 0.0965. The second-order valence-electron chi connectivity index (χ2n) is 5.96. The van der Waals surface area contributed by atoms with Crippen molar-refractivity contribution in [3.63, 3.8) is 0 Å². The van der Waals surface area contributed by atoms with E-state index in [0.717, 1.165) is 14.8 Å². The van der Waals surface area contributed by atoms with Gasteiger partial charge in [0.1, 0.15) is 30.3 Å². The molecule has 2 heterocycles. The summed E-state index contributed by atoms with van der Waals surface area (Å²) in [6.45, 7) is 1.51. The predicted octanol–water partition coefficient (Wildman–Crippen LogP) is 0.00648. The van der Waals surface area contributed by atoms with Crippen molar-refractivity contribution in [1.82, 2.24) is 23.9 Å². The molecule has 0 aliphatic carbocycles. The van der Waals surface area contributed by atoms with Crippen LogP contribution in [-0.2, 0) is 19.6 Å². The molecule has 0 amide bonds. The van der Waals surface area contributed by atoms with Crippen molar-refractivity contribution >= 4 is 11.6 Å². The van der Waals surface area contributed by atoms with Crippen LogP contribution in [-0.4, -0.2) is 29.7 Å². The van der Waals surface area contributed by atoms with Gasteiger partial charge in [-0.05, 0) is 12.5 Å². The van der Waals surface area contributed by atoms with Crippen LogP contribution in [0.15, 0.2) is 46.2 Å². The van der Waals surface area contributed by atoms with Gasteiger partial charge in [0.15, 0.2) is 5.78 Å². The van der Waals surface area contributed by atoms with Crippen LogP contribution >= 0.6 is 0 Å². The molecule has 0 saturated heterocycles. The minimum Gasteiger partial charge on any atom is -0.384 e. The van der Waals surface area contributed by atoms with E-state index in [9.17, 15) is 14.4 Å². The molecule has 1 aromatic carbocycles. The maximum Gasteiger partial charge on any atom is 0.332 e. The van der Waals surface area contributed by atoms with Crippen molar-refractivity contribution in [3.05, 3.63) is 74.4 Å². The summed E-state index contributed by atoms with van der Waals surface area (Å²) in [4.78, 5) is 41.9. The number of anilines is 1. The van der Waals surface area contributed by atoms with Crippen LogP contribution in [0, 0.1) is 11.3 Å². The Bertz CT molecular complexity index is 1180. The van der Waals surface area contributed by atoms with E-state index in [-0.39, 0.29) is 36.8 Å². The quantitative estimate of drug-likeness (QED) is 0.594. The predicted molar refractivity (Wildman–Crippen MR) is 99.7 cm³/mol. The largest absolute Gasteiger partial charge is 0.384 e. The number of rotatable bonds is 6. The van der Waals surface area contributed by atoms with Crippen LogP contribution < -0.4 is 17.0 Å². The minimum atomic E-state index is -0.750. The summed E-state index contributed by atoms with van der Waals surface area (Å²) in [5, 5.41) is 12.6. The van der Waals surface area contributed by atoms with Crippen LogP contribution in [0.3, 0.4) is 0 Å². The molecule has 0 radical (unpaired) electrons. The Balaban J connectivity index is 2.08. The van der Waals surface area contributed by atoms with E-state index in [1.165, 1.54) is 10.9 Å². The molecule has 0 fully saturated rings. The Morgan fingerprint density at radius 1 is 1.21 bits per heavy atom. The van der Waals surface area contributed by atoms with Crippen LogP contribution in [0.4, 0.5) is 5.82 Å². The second-order valence-corrected chi connectivity index (χ2v) is 5.96. The van der Waals surface area contributed by atoms with Gasteiger partial charge >= 0.3 is 5.69 Å². The average molecular weight is 379 g/mol. The smallest absolute Gasteiger partial charge is 0.332 e. The van der Waals surface area contributed by atoms with Gasteiger partial charge < -0.3 is 5.73 Å². The highest BCUT2D eigenvalue weighted by atomic mass is 16.2. The van der Waals surface area contributed by atoms with Crippen molar-refractivity contribution in [2.45, 2.75) is 26.6 Å². The summed E-state index contributed by atoms with van der Waals surface area (Å²) >= 11 is 0. The van der Waals surface area contributed by atoms with Gasteiger partial charge in [0.05, 0.1) is 6.54 Å². The molecule has 0 unspecified atom stereocenters. The summed E-state index contributed by atoms with van der Waals surface area (Å²) in [5.74, 6) is -0.920. The molecular weight excluding hydrogens is 362 g/mol. The summed E-state index contributed by atoms with van der Waals surface area (Å²) in [7, 11) is 0. The summed E-state index contributed by atoms with van der Waals surface area (Å²) in [6, 6.07) is 10.9. The van der Waals surface area contributed by atoms with E-state index in [1.807, 2.05) is 30.3 Å². The number of benzene rings is 1. The number of ketones is 1. The molecule has 0 bridgehead atoms. The van der Waals surface area contributed by atoms with E-state index >= 15 is 0 Å². The highest BCUT2D eigenvalue weighted by Gasteiger charge is 2.23. The number of nitrogen functional groups attached to an aromatic ring is 1. The number of nitrogens with two attached hydrogens (primary N) is 1. The molecule has 28 heavy (non-hydrogen) atoms. The molecule has 0 saturated carbocycles. The Hall–Kier alpha value is -4.00. The van der Waals surface area contributed by atoms with Gasteiger partial charge in [-0.15, -0.1) is 5.10 Å². The van der Waals surface area contributed by atoms with E-state index in [4.69, 9.17) is 11.0 Å². The molecule has 2 aromatic heterocycles. The molecule has 142 valence electrons. The summed E-state index contributed by atoms with van der Waals surface area (Å²) in [5.41, 5.74) is 5.25. The number of carbonyl (C=O) groups excluding carboxylic acids is 1. The first-order chi connectivity index (χ1) is 13.5. The first-order valence-electron chi connectivity index (χ1n) is 8.46. The van der Waals surface area contributed by atoms with Gasteiger partial charge in [0.2, 0.25) is 0 Å². The standard InChI is InChI=1S/C18H17N7O3/c1-2-24-17(27)15(13(26)10-23-11-21-14(8-19)22-23)16(20)25(18(24)28)9-12-6-4-3-5-7-12/h3-7,11H,2,9-10,20H2,1H3. The van der Waals surface area contributed by atoms with Crippen LogP contribution in [0.25, 0.3) is 0 Å². The SMILES string of the molecule is CCn1c(=O)c(C(=O)Cn2cnc(C#N)n2)c(N)n(Cc2ccccc2)c1=O. The maximum absolute atomic E-state index is 12.8. The fraction of sp³-hybridized carbons (Fsp3) is 0.222. The third-order valence-corrected chi connectivity index (χ3v) is 4.19. The van der Waals surface area contributed by atoms with Crippen LogP contribution in [0.2, 0.25) is 0 Å². The normalized spacial score (nSPS) is 10.6. The van der Waals surface area contributed by atoms with Crippen molar-refractivity contribution in [3.8, 4) is 6.07 Å². The molecule has 3 rings (SSSR count). The van der Waals surface area contributed by atoms with Crippen molar-refractivity contribution in [2.75, 3.05) is 5.73 Å².